The number of fused-ring (bicyclic) bond motifs is 1. The highest BCUT2D eigenvalue weighted by atomic mass is 16.3. The molecule has 0 heterocycles. The SMILES string of the molecule is C[C@H]1CC2C(C[C@H]1O)C2(C)C. The van der Waals surface area contributed by atoms with Crippen LogP contribution in [0.15, 0.2) is 0 Å². The van der Waals surface area contributed by atoms with Gasteiger partial charge in [-0.1, -0.05) is 20.8 Å². The molecule has 0 aromatic carbocycles. The van der Waals surface area contributed by atoms with Gasteiger partial charge in [0.15, 0.2) is 0 Å². The van der Waals surface area contributed by atoms with Gasteiger partial charge in [-0.05, 0) is 36.0 Å². The van der Waals surface area contributed by atoms with Crippen molar-refractivity contribution in [2.45, 2.75) is 39.7 Å². The van der Waals surface area contributed by atoms with Gasteiger partial charge in [-0.25, -0.2) is 0 Å². The first-order valence-electron chi connectivity index (χ1n) is 4.71. The van der Waals surface area contributed by atoms with Gasteiger partial charge in [0.25, 0.3) is 0 Å². The molecular formula is C10H18O. The van der Waals surface area contributed by atoms with E-state index >= 15 is 0 Å². The molecule has 0 aliphatic heterocycles. The van der Waals surface area contributed by atoms with Gasteiger partial charge >= 0.3 is 0 Å². The normalized spacial score (nSPS) is 53.5. The molecule has 1 nitrogen and oxygen atoms in total. The predicted octanol–water partition coefficient (Wildman–Crippen LogP) is 2.05. The summed E-state index contributed by atoms with van der Waals surface area (Å²) in [6.07, 6.45) is 2.29. The molecule has 1 N–H and O–H groups in total. The van der Waals surface area contributed by atoms with Crippen molar-refractivity contribution in [3.8, 4) is 0 Å². The van der Waals surface area contributed by atoms with E-state index in [4.69, 9.17) is 0 Å². The van der Waals surface area contributed by atoms with Crippen molar-refractivity contribution in [2.24, 2.45) is 23.2 Å². The smallest absolute Gasteiger partial charge is 0.0568 e. The van der Waals surface area contributed by atoms with E-state index in [0.29, 0.717) is 11.3 Å². The van der Waals surface area contributed by atoms with Crippen LogP contribution in [-0.4, -0.2) is 11.2 Å². The Morgan fingerprint density at radius 3 is 2.27 bits per heavy atom. The molecule has 2 aliphatic carbocycles. The van der Waals surface area contributed by atoms with Crippen LogP contribution in [0.2, 0.25) is 0 Å². The lowest BCUT2D eigenvalue weighted by Crippen LogP contribution is -2.22. The molecule has 2 saturated carbocycles. The van der Waals surface area contributed by atoms with E-state index in [9.17, 15) is 5.11 Å². The molecule has 0 aromatic heterocycles. The fraction of sp³-hybridized carbons (Fsp3) is 1.00. The zero-order chi connectivity index (χ0) is 8.22. The van der Waals surface area contributed by atoms with Gasteiger partial charge in [0, 0.05) is 0 Å². The van der Waals surface area contributed by atoms with Crippen LogP contribution in [0.5, 0.6) is 0 Å². The van der Waals surface area contributed by atoms with Crippen molar-refractivity contribution in [3.05, 3.63) is 0 Å². The van der Waals surface area contributed by atoms with Gasteiger partial charge in [0.2, 0.25) is 0 Å². The van der Waals surface area contributed by atoms with E-state index in [1.807, 2.05) is 0 Å². The molecule has 2 unspecified atom stereocenters. The summed E-state index contributed by atoms with van der Waals surface area (Å²) in [6.45, 7) is 6.86. The highest BCUT2D eigenvalue weighted by Crippen LogP contribution is 2.65. The second kappa shape index (κ2) is 2.01. The average Bonchev–Trinajstić information content (AvgIpc) is 2.39. The largest absolute Gasteiger partial charge is 0.393 e. The van der Waals surface area contributed by atoms with Crippen LogP contribution in [0, 0.1) is 23.2 Å². The monoisotopic (exact) mass is 154 g/mol. The van der Waals surface area contributed by atoms with Crippen LogP contribution in [0.1, 0.15) is 33.6 Å². The van der Waals surface area contributed by atoms with Crippen LogP contribution in [0.3, 0.4) is 0 Å². The quantitative estimate of drug-likeness (QED) is 0.566. The zero-order valence-electron chi connectivity index (χ0n) is 7.67. The maximum atomic E-state index is 9.61. The molecule has 0 saturated heterocycles. The Bertz CT molecular complexity index is 156. The van der Waals surface area contributed by atoms with Crippen molar-refractivity contribution in [3.63, 3.8) is 0 Å². The van der Waals surface area contributed by atoms with Gasteiger partial charge in [0.1, 0.15) is 0 Å². The lowest BCUT2D eigenvalue weighted by Gasteiger charge is -2.22. The molecule has 2 fully saturated rings. The minimum Gasteiger partial charge on any atom is -0.393 e. The first kappa shape index (κ1) is 7.60. The first-order chi connectivity index (χ1) is 5.03. The lowest BCUT2D eigenvalue weighted by molar-refractivity contribution is 0.0745. The van der Waals surface area contributed by atoms with E-state index < -0.39 is 0 Å². The summed E-state index contributed by atoms with van der Waals surface area (Å²) in [6, 6.07) is 0. The van der Waals surface area contributed by atoms with Crippen molar-refractivity contribution in [1.82, 2.24) is 0 Å². The molecule has 64 valence electrons. The van der Waals surface area contributed by atoms with Gasteiger partial charge < -0.3 is 5.11 Å². The highest BCUT2D eigenvalue weighted by molar-refractivity contribution is 5.08. The van der Waals surface area contributed by atoms with Gasteiger partial charge in [-0.15, -0.1) is 0 Å². The van der Waals surface area contributed by atoms with E-state index in [2.05, 4.69) is 20.8 Å². The molecule has 0 aromatic rings. The number of hydrogen-bond donors (Lipinski definition) is 1. The van der Waals surface area contributed by atoms with Crippen molar-refractivity contribution in [2.75, 3.05) is 0 Å². The van der Waals surface area contributed by atoms with E-state index in [0.717, 1.165) is 18.3 Å². The van der Waals surface area contributed by atoms with Gasteiger partial charge in [-0.3, -0.25) is 0 Å². The standard InChI is InChI=1S/C10H18O/c1-6-4-7-8(5-9(6)11)10(7,2)3/h6-9,11H,4-5H2,1-3H3/t6-,7?,8?,9+/m0/s1. The van der Waals surface area contributed by atoms with Crippen molar-refractivity contribution >= 4 is 0 Å². The van der Waals surface area contributed by atoms with Crippen molar-refractivity contribution < 1.29 is 5.11 Å². The molecule has 2 rings (SSSR count). The molecule has 4 atom stereocenters. The minimum atomic E-state index is -0.0157. The second-order valence-electron chi connectivity index (χ2n) is 5.05. The van der Waals surface area contributed by atoms with Crippen molar-refractivity contribution in [1.29, 1.82) is 0 Å². The van der Waals surface area contributed by atoms with E-state index in [1.54, 1.807) is 0 Å². The highest BCUT2D eigenvalue weighted by Gasteiger charge is 2.60. The minimum absolute atomic E-state index is 0.0157. The Morgan fingerprint density at radius 2 is 1.73 bits per heavy atom. The second-order valence-corrected chi connectivity index (χ2v) is 5.05. The summed E-state index contributed by atoms with van der Waals surface area (Å²) in [5.41, 5.74) is 0.547. The van der Waals surface area contributed by atoms with Gasteiger partial charge in [-0.2, -0.15) is 0 Å². The summed E-state index contributed by atoms with van der Waals surface area (Å²) >= 11 is 0. The fourth-order valence-electron chi connectivity index (χ4n) is 2.84. The summed E-state index contributed by atoms with van der Waals surface area (Å²) in [5.74, 6) is 2.28. The Balaban J connectivity index is 2.07. The third-order valence-corrected chi connectivity index (χ3v) is 4.07. The molecule has 0 spiro atoms. The Kier molecular flexibility index (Phi) is 1.39. The molecule has 1 heteroatoms. The average molecular weight is 154 g/mol. The summed E-state index contributed by atoms with van der Waals surface area (Å²) < 4.78 is 0. The molecular weight excluding hydrogens is 136 g/mol. The van der Waals surface area contributed by atoms with Crippen LogP contribution in [0.4, 0.5) is 0 Å². The third kappa shape index (κ3) is 0.936. The number of aliphatic hydroxyl groups is 1. The first-order valence-corrected chi connectivity index (χ1v) is 4.71. The van der Waals surface area contributed by atoms with E-state index in [-0.39, 0.29) is 6.10 Å². The predicted molar refractivity (Wildman–Crippen MR) is 45.2 cm³/mol. The molecule has 0 amide bonds. The molecule has 2 aliphatic rings. The third-order valence-electron chi connectivity index (χ3n) is 4.07. The summed E-state index contributed by atoms with van der Waals surface area (Å²) in [5, 5.41) is 9.61. The number of rotatable bonds is 0. The van der Waals surface area contributed by atoms with Gasteiger partial charge in [0.05, 0.1) is 6.10 Å². The Labute approximate surface area is 68.8 Å². The Hall–Kier alpha value is -0.0400. The number of aliphatic hydroxyl groups excluding tert-OH is 1. The van der Waals surface area contributed by atoms with Crippen LogP contribution in [0.25, 0.3) is 0 Å². The maximum Gasteiger partial charge on any atom is 0.0568 e. The van der Waals surface area contributed by atoms with Crippen LogP contribution < -0.4 is 0 Å². The fourth-order valence-corrected chi connectivity index (χ4v) is 2.84. The lowest BCUT2D eigenvalue weighted by atomic mass is 9.88. The molecule has 0 bridgehead atoms. The summed E-state index contributed by atoms with van der Waals surface area (Å²) in [4.78, 5) is 0. The topological polar surface area (TPSA) is 20.2 Å². The molecule has 0 radical (unpaired) electrons. The summed E-state index contributed by atoms with van der Waals surface area (Å²) in [7, 11) is 0. The Morgan fingerprint density at radius 1 is 1.18 bits per heavy atom. The van der Waals surface area contributed by atoms with Crippen LogP contribution in [-0.2, 0) is 0 Å². The zero-order valence-corrected chi connectivity index (χ0v) is 7.67. The van der Waals surface area contributed by atoms with Crippen LogP contribution >= 0.6 is 0 Å². The van der Waals surface area contributed by atoms with E-state index in [1.165, 1.54) is 6.42 Å². The molecule has 11 heavy (non-hydrogen) atoms. The maximum absolute atomic E-state index is 9.61. The number of hydrogen-bond acceptors (Lipinski definition) is 1.